The van der Waals surface area contributed by atoms with Gasteiger partial charge in [-0.3, -0.25) is 4.90 Å². The van der Waals surface area contributed by atoms with E-state index in [4.69, 9.17) is 0 Å². The average Bonchev–Trinajstić information content (AvgIpc) is 2.37. The predicted molar refractivity (Wildman–Crippen MR) is 61.6 cm³/mol. The molecule has 0 aromatic carbocycles. The second kappa shape index (κ2) is 2.80. The summed E-state index contributed by atoms with van der Waals surface area (Å²) >= 11 is 0. The minimum atomic E-state index is 0.887. The molecule has 5 atom stereocenters. The third-order valence-electron chi connectivity index (χ3n) is 6.17. The van der Waals surface area contributed by atoms with Crippen molar-refractivity contribution in [3.8, 4) is 0 Å². The number of rotatable bonds is 0. The van der Waals surface area contributed by atoms with Crippen LogP contribution < -0.4 is 0 Å². The van der Waals surface area contributed by atoms with E-state index in [0.717, 1.165) is 41.8 Å². The van der Waals surface area contributed by atoms with Crippen molar-refractivity contribution < 1.29 is 0 Å². The maximum Gasteiger partial charge on any atom is 0.0170 e. The van der Waals surface area contributed by atoms with Crippen LogP contribution in [0.15, 0.2) is 0 Å². The van der Waals surface area contributed by atoms with Gasteiger partial charge in [-0.25, -0.2) is 0 Å². The highest BCUT2D eigenvalue weighted by Gasteiger charge is 2.56. The van der Waals surface area contributed by atoms with E-state index >= 15 is 0 Å². The van der Waals surface area contributed by atoms with Gasteiger partial charge in [0.15, 0.2) is 0 Å². The molecule has 5 unspecified atom stereocenters. The zero-order valence-electron chi connectivity index (χ0n) is 10.0. The Balaban J connectivity index is 1.73. The zero-order valence-corrected chi connectivity index (χ0v) is 10.0. The summed E-state index contributed by atoms with van der Waals surface area (Å²) < 4.78 is 0. The van der Waals surface area contributed by atoms with Crippen molar-refractivity contribution in [2.75, 3.05) is 0 Å². The fourth-order valence-electron chi connectivity index (χ4n) is 5.64. The Hall–Kier alpha value is -0.0400. The summed E-state index contributed by atoms with van der Waals surface area (Å²) in [6.45, 7) is 4.96. The average molecular weight is 205 g/mol. The summed E-state index contributed by atoms with van der Waals surface area (Å²) in [5, 5.41) is 0. The van der Waals surface area contributed by atoms with Gasteiger partial charge in [-0.1, -0.05) is 6.92 Å². The van der Waals surface area contributed by atoms with Crippen molar-refractivity contribution in [1.82, 2.24) is 4.90 Å². The summed E-state index contributed by atoms with van der Waals surface area (Å²) in [4.78, 5) is 2.93. The van der Waals surface area contributed by atoms with Gasteiger partial charge in [0.05, 0.1) is 0 Å². The third kappa shape index (κ3) is 1.03. The van der Waals surface area contributed by atoms with E-state index in [2.05, 4.69) is 18.7 Å². The Morgan fingerprint density at radius 1 is 0.867 bits per heavy atom. The molecule has 15 heavy (non-hydrogen) atoms. The molecule has 3 heterocycles. The van der Waals surface area contributed by atoms with Crippen molar-refractivity contribution >= 4 is 0 Å². The van der Waals surface area contributed by atoms with Crippen molar-refractivity contribution in [3.05, 3.63) is 0 Å². The summed E-state index contributed by atoms with van der Waals surface area (Å²) in [6.07, 6.45) is 7.81. The maximum atomic E-state index is 2.93. The number of nitrogens with zero attached hydrogens (tertiary/aromatic N) is 1. The maximum absolute atomic E-state index is 2.93. The molecule has 2 aliphatic carbocycles. The van der Waals surface area contributed by atoms with Gasteiger partial charge in [0.25, 0.3) is 0 Å². The van der Waals surface area contributed by atoms with Crippen LogP contribution in [0.2, 0.25) is 0 Å². The van der Waals surface area contributed by atoms with Crippen LogP contribution in [0.3, 0.4) is 0 Å². The van der Waals surface area contributed by atoms with Crippen molar-refractivity contribution in [3.63, 3.8) is 0 Å². The highest BCUT2D eigenvalue weighted by molar-refractivity contribution is 5.09. The fourth-order valence-corrected chi connectivity index (χ4v) is 5.64. The molecule has 1 heteroatoms. The van der Waals surface area contributed by atoms with Crippen LogP contribution in [0, 0.1) is 23.7 Å². The van der Waals surface area contributed by atoms with Gasteiger partial charge < -0.3 is 0 Å². The first-order chi connectivity index (χ1) is 7.24. The molecule has 4 bridgehead atoms. The molecule has 0 aromatic heterocycles. The van der Waals surface area contributed by atoms with E-state index in [1.165, 1.54) is 0 Å². The van der Waals surface area contributed by atoms with Gasteiger partial charge in [-0.15, -0.1) is 0 Å². The molecule has 0 amide bonds. The van der Waals surface area contributed by atoms with Crippen LogP contribution in [0.4, 0.5) is 0 Å². The highest BCUT2D eigenvalue weighted by Crippen LogP contribution is 2.55. The van der Waals surface area contributed by atoms with E-state index in [1.807, 2.05) is 0 Å². The second-order valence-corrected chi connectivity index (χ2v) is 6.86. The highest BCUT2D eigenvalue weighted by atomic mass is 15.3. The molecule has 5 fully saturated rings. The van der Waals surface area contributed by atoms with Crippen LogP contribution in [0.5, 0.6) is 0 Å². The Morgan fingerprint density at radius 2 is 1.53 bits per heavy atom. The summed E-state index contributed by atoms with van der Waals surface area (Å²) in [7, 11) is 0. The molecule has 0 spiro atoms. The molecule has 0 aromatic rings. The molecular formula is C14H23N. The Labute approximate surface area is 93.2 Å². The molecule has 84 valence electrons. The molecule has 5 aliphatic rings. The minimum Gasteiger partial charge on any atom is -0.294 e. The third-order valence-corrected chi connectivity index (χ3v) is 6.17. The molecule has 3 aliphatic heterocycles. The van der Waals surface area contributed by atoms with E-state index in [0.29, 0.717) is 0 Å². The van der Waals surface area contributed by atoms with Gasteiger partial charge in [0.2, 0.25) is 0 Å². The van der Waals surface area contributed by atoms with Crippen LogP contribution in [-0.4, -0.2) is 23.0 Å². The first-order valence-electron chi connectivity index (χ1n) is 7.01. The molecule has 5 rings (SSSR count). The van der Waals surface area contributed by atoms with Crippen molar-refractivity contribution in [2.24, 2.45) is 23.7 Å². The number of hydrogen-bond donors (Lipinski definition) is 0. The van der Waals surface area contributed by atoms with Crippen LogP contribution in [-0.2, 0) is 0 Å². The summed E-state index contributed by atoms with van der Waals surface area (Å²) in [6, 6.07) is 2.86. The Morgan fingerprint density at radius 3 is 2.20 bits per heavy atom. The lowest BCUT2D eigenvalue weighted by Crippen LogP contribution is -2.65. The fraction of sp³-hybridized carbons (Fsp3) is 1.00. The first kappa shape index (κ1) is 9.04. The van der Waals surface area contributed by atoms with Gasteiger partial charge in [0, 0.05) is 18.1 Å². The lowest BCUT2D eigenvalue weighted by Gasteiger charge is -2.57. The SMILES string of the molecule is CC1C(C)N2C3CC4CC(CC(C4)C12)C3. The van der Waals surface area contributed by atoms with Crippen LogP contribution >= 0.6 is 0 Å². The standard InChI is InChI=1S/C14H23N/c1-8-9(2)15-13-6-10-3-11(7-13)5-12(4-10)14(8)15/h8-14H,3-7H2,1-2H3. The minimum absolute atomic E-state index is 0.887. The molecule has 2 saturated carbocycles. The topological polar surface area (TPSA) is 3.24 Å². The van der Waals surface area contributed by atoms with E-state index in [-0.39, 0.29) is 0 Å². The lowest BCUT2D eigenvalue weighted by atomic mass is 9.66. The summed E-state index contributed by atoms with van der Waals surface area (Å²) in [5.41, 5.74) is 0. The largest absolute Gasteiger partial charge is 0.294 e. The smallest absolute Gasteiger partial charge is 0.0170 e. The predicted octanol–water partition coefficient (Wildman–Crippen LogP) is 2.90. The van der Waals surface area contributed by atoms with Crippen LogP contribution in [0.1, 0.15) is 46.0 Å². The van der Waals surface area contributed by atoms with Gasteiger partial charge >= 0.3 is 0 Å². The molecule has 3 saturated heterocycles. The zero-order chi connectivity index (χ0) is 10.2. The summed E-state index contributed by atoms with van der Waals surface area (Å²) in [5.74, 6) is 4.27. The first-order valence-corrected chi connectivity index (χ1v) is 7.01. The van der Waals surface area contributed by atoms with E-state index in [1.54, 1.807) is 32.1 Å². The monoisotopic (exact) mass is 205 g/mol. The molecule has 0 N–H and O–H groups in total. The second-order valence-electron chi connectivity index (χ2n) is 6.86. The van der Waals surface area contributed by atoms with E-state index in [9.17, 15) is 0 Å². The molecule has 1 nitrogen and oxygen atoms in total. The van der Waals surface area contributed by atoms with Gasteiger partial charge in [0.1, 0.15) is 0 Å². The lowest BCUT2D eigenvalue weighted by molar-refractivity contribution is -0.0841. The van der Waals surface area contributed by atoms with Crippen molar-refractivity contribution in [1.29, 1.82) is 0 Å². The number of hydrogen-bond acceptors (Lipinski definition) is 1. The van der Waals surface area contributed by atoms with E-state index < -0.39 is 0 Å². The van der Waals surface area contributed by atoms with Gasteiger partial charge in [-0.05, 0) is 62.7 Å². The Kier molecular flexibility index (Phi) is 1.68. The molecule has 0 radical (unpaired) electrons. The molecular weight excluding hydrogens is 182 g/mol. The van der Waals surface area contributed by atoms with Crippen LogP contribution in [0.25, 0.3) is 0 Å². The quantitative estimate of drug-likeness (QED) is 0.588. The Bertz CT molecular complexity index is 247. The van der Waals surface area contributed by atoms with Crippen molar-refractivity contribution in [2.45, 2.75) is 64.1 Å². The normalized spacial score (nSPS) is 62.4. The van der Waals surface area contributed by atoms with Gasteiger partial charge in [-0.2, -0.15) is 0 Å².